The highest BCUT2D eigenvalue weighted by molar-refractivity contribution is 5.86. The van der Waals surface area contributed by atoms with Crippen molar-refractivity contribution < 1.29 is 19.7 Å². The Labute approximate surface area is 176 Å². The van der Waals surface area contributed by atoms with Gasteiger partial charge < -0.3 is 19.8 Å². The molecule has 4 rings (SSSR count). The highest BCUT2D eigenvalue weighted by Crippen LogP contribution is 2.49. The summed E-state index contributed by atoms with van der Waals surface area (Å²) in [5, 5.41) is 20.3. The van der Waals surface area contributed by atoms with E-state index in [1.54, 1.807) is 11.0 Å². The Balaban J connectivity index is 1.77. The van der Waals surface area contributed by atoms with Crippen molar-refractivity contribution in [1.82, 2.24) is 15.8 Å². The minimum atomic E-state index is -0.432. The summed E-state index contributed by atoms with van der Waals surface area (Å²) in [5.74, 6) is 0.814. The molecule has 4 unspecified atom stereocenters. The van der Waals surface area contributed by atoms with Gasteiger partial charge in [0.05, 0.1) is 25.3 Å². The molecule has 2 saturated heterocycles. The van der Waals surface area contributed by atoms with Crippen LogP contribution in [0, 0.1) is 19.8 Å². The van der Waals surface area contributed by atoms with Gasteiger partial charge in [-0.1, -0.05) is 18.2 Å². The maximum atomic E-state index is 13.2. The normalized spacial score (nSPS) is 25.6. The van der Waals surface area contributed by atoms with E-state index in [-0.39, 0.29) is 42.8 Å². The summed E-state index contributed by atoms with van der Waals surface area (Å²) < 4.78 is 5.56. The second-order valence-electron chi connectivity index (χ2n) is 8.04. The number of hydrogen-bond donors (Lipinski definition) is 4. The van der Waals surface area contributed by atoms with Crippen molar-refractivity contribution >= 4 is 5.91 Å². The van der Waals surface area contributed by atoms with Gasteiger partial charge in [0.1, 0.15) is 17.5 Å². The van der Waals surface area contributed by atoms with Crippen LogP contribution in [-0.4, -0.2) is 46.8 Å². The van der Waals surface area contributed by atoms with Crippen molar-refractivity contribution in [1.29, 1.82) is 0 Å². The first-order chi connectivity index (χ1) is 14.5. The molecule has 4 N–H and O–H groups in total. The molecule has 2 aliphatic rings. The number of carbonyl (C=O) groups is 1. The van der Waals surface area contributed by atoms with Crippen LogP contribution in [0.5, 0.6) is 11.5 Å². The number of ether oxygens (including phenoxy) is 1. The number of aliphatic hydroxyl groups is 1. The summed E-state index contributed by atoms with van der Waals surface area (Å²) in [7, 11) is 0. The van der Waals surface area contributed by atoms with Crippen LogP contribution in [0.4, 0.5) is 0 Å². The first-order valence-corrected chi connectivity index (χ1v) is 10.4. The lowest BCUT2D eigenvalue weighted by Crippen LogP contribution is -2.42. The number of likely N-dealkylation sites (tertiary alicyclic amines) is 1. The molecule has 0 bridgehead atoms. The molecule has 1 amide bonds. The monoisotopic (exact) mass is 411 g/mol. The van der Waals surface area contributed by atoms with Crippen LogP contribution >= 0.6 is 0 Å². The average Bonchev–Trinajstić information content (AvgIpc) is 3.23. The van der Waals surface area contributed by atoms with Crippen LogP contribution in [-0.2, 0) is 4.79 Å². The van der Waals surface area contributed by atoms with Crippen molar-refractivity contribution in [3.05, 3.63) is 58.7 Å². The Bertz CT molecular complexity index is 908. The smallest absolute Gasteiger partial charge is 0.242 e. The number of rotatable bonds is 6. The molecule has 0 saturated carbocycles. The number of carbonyl (C=O) groups excluding carboxylic acids is 1. The van der Waals surface area contributed by atoms with E-state index in [1.807, 2.05) is 51.1 Å². The van der Waals surface area contributed by atoms with Gasteiger partial charge in [-0.05, 0) is 55.7 Å². The first kappa shape index (κ1) is 20.7. The van der Waals surface area contributed by atoms with Gasteiger partial charge in [-0.3, -0.25) is 4.79 Å². The summed E-state index contributed by atoms with van der Waals surface area (Å²) in [6.45, 7) is 6.61. The molecular formula is C23H29N3O4. The van der Waals surface area contributed by atoms with E-state index in [1.165, 1.54) is 0 Å². The van der Waals surface area contributed by atoms with E-state index in [0.717, 1.165) is 28.0 Å². The van der Waals surface area contributed by atoms with Gasteiger partial charge in [-0.25, -0.2) is 10.9 Å². The van der Waals surface area contributed by atoms with Crippen molar-refractivity contribution in [2.45, 2.75) is 38.9 Å². The van der Waals surface area contributed by atoms with Crippen LogP contribution in [0.2, 0.25) is 0 Å². The second-order valence-corrected chi connectivity index (χ2v) is 8.04. The number of benzene rings is 2. The average molecular weight is 412 g/mol. The van der Waals surface area contributed by atoms with Crippen LogP contribution in [0.3, 0.4) is 0 Å². The molecule has 2 heterocycles. The van der Waals surface area contributed by atoms with E-state index in [4.69, 9.17) is 4.74 Å². The number of β-amino-alcohol motifs (C(OH)–C–C–N with tert-alkyl or cyclic N) is 1. The predicted octanol–water partition coefficient (Wildman–Crippen LogP) is 2.12. The van der Waals surface area contributed by atoms with E-state index < -0.39 is 6.04 Å². The molecule has 0 aromatic heterocycles. The van der Waals surface area contributed by atoms with Crippen LogP contribution in [0.1, 0.15) is 41.3 Å². The van der Waals surface area contributed by atoms with Gasteiger partial charge >= 0.3 is 0 Å². The third-order valence-corrected chi connectivity index (χ3v) is 6.11. The van der Waals surface area contributed by atoms with Gasteiger partial charge in [0.2, 0.25) is 5.91 Å². The highest BCUT2D eigenvalue weighted by Gasteiger charge is 2.55. The standard InChI is InChI=1S/C23H29N3O4/c1-4-30-16-7-5-15(6-8-16)22-19-20(18-14(3)11-13(2)12-17(18)28)24-25-21(19)23(29)26(22)9-10-27/h5-8,11-12,19-22,24-25,27-28H,4,9-10H2,1-3H3. The molecule has 2 aliphatic heterocycles. The summed E-state index contributed by atoms with van der Waals surface area (Å²) in [6.07, 6.45) is 0. The molecule has 4 atom stereocenters. The Morgan fingerprint density at radius 2 is 1.80 bits per heavy atom. The molecule has 2 aromatic carbocycles. The van der Waals surface area contributed by atoms with E-state index >= 15 is 0 Å². The summed E-state index contributed by atoms with van der Waals surface area (Å²) in [5.41, 5.74) is 10.2. The van der Waals surface area contributed by atoms with Crippen molar-refractivity contribution in [3.63, 3.8) is 0 Å². The quantitative estimate of drug-likeness (QED) is 0.582. The fourth-order valence-corrected chi connectivity index (χ4v) is 4.99. The lowest BCUT2D eigenvalue weighted by atomic mass is 9.81. The maximum absolute atomic E-state index is 13.2. The minimum Gasteiger partial charge on any atom is -0.508 e. The number of nitrogens with one attached hydrogen (secondary N) is 2. The number of fused-ring (bicyclic) bond motifs is 1. The highest BCUT2D eigenvalue weighted by atomic mass is 16.5. The lowest BCUT2D eigenvalue weighted by molar-refractivity contribution is -0.131. The fourth-order valence-electron chi connectivity index (χ4n) is 4.99. The van der Waals surface area contributed by atoms with Crippen molar-refractivity contribution in [2.24, 2.45) is 5.92 Å². The summed E-state index contributed by atoms with van der Waals surface area (Å²) in [4.78, 5) is 14.9. The number of aryl methyl sites for hydroxylation is 2. The van der Waals surface area contributed by atoms with Gasteiger partial charge in [0.25, 0.3) is 0 Å². The SMILES string of the molecule is CCOc1ccc(C2C3C(NNC3c3c(C)cc(C)cc3O)C(=O)N2CCO)cc1. The molecule has 0 radical (unpaired) electrons. The second kappa shape index (κ2) is 8.26. The number of aliphatic hydroxyl groups excluding tert-OH is 1. The lowest BCUT2D eigenvalue weighted by Gasteiger charge is -2.31. The molecular weight excluding hydrogens is 382 g/mol. The third kappa shape index (κ3) is 3.43. The van der Waals surface area contributed by atoms with Crippen LogP contribution in [0.15, 0.2) is 36.4 Å². The van der Waals surface area contributed by atoms with E-state index in [0.29, 0.717) is 6.61 Å². The zero-order valence-corrected chi connectivity index (χ0v) is 17.6. The number of phenols is 1. The molecule has 0 spiro atoms. The largest absolute Gasteiger partial charge is 0.508 e. The molecule has 0 aliphatic carbocycles. The van der Waals surface area contributed by atoms with Gasteiger partial charge in [0.15, 0.2) is 0 Å². The molecule has 7 nitrogen and oxygen atoms in total. The Morgan fingerprint density at radius 1 is 1.10 bits per heavy atom. The van der Waals surface area contributed by atoms with Gasteiger partial charge in [-0.15, -0.1) is 0 Å². The van der Waals surface area contributed by atoms with Crippen molar-refractivity contribution in [2.75, 3.05) is 19.8 Å². The number of aromatic hydroxyl groups is 1. The predicted molar refractivity (Wildman–Crippen MR) is 113 cm³/mol. The number of phenolic OH excluding ortho intramolecular Hbond substituents is 1. The number of nitrogens with zero attached hydrogens (tertiary/aromatic N) is 1. The van der Waals surface area contributed by atoms with E-state index in [9.17, 15) is 15.0 Å². The van der Waals surface area contributed by atoms with Crippen LogP contribution < -0.4 is 15.6 Å². The third-order valence-electron chi connectivity index (χ3n) is 6.11. The molecule has 30 heavy (non-hydrogen) atoms. The summed E-state index contributed by atoms with van der Waals surface area (Å²) in [6, 6.07) is 10.7. The first-order valence-electron chi connectivity index (χ1n) is 10.4. The molecule has 7 heteroatoms. The number of hydrogen-bond acceptors (Lipinski definition) is 6. The Morgan fingerprint density at radius 3 is 2.43 bits per heavy atom. The summed E-state index contributed by atoms with van der Waals surface area (Å²) >= 11 is 0. The zero-order chi connectivity index (χ0) is 21.4. The Kier molecular flexibility index (Phi) is 5.69. The zero-order valence-electron chi connectivity index (χ0n) is 17.6. The van der Waals surface area contributed by atoms with E-state index in [2.05, 4.69) is 10.9 Å². The van der Waals surface area contributed by atoms with Gasteiger partial charge in [-0.2, -0.15) is 0 Å². The van der Waals surface area contributed by atoms with Crippen LogP contribution in [0.25, 0.3) is 0 Å². The minimum absolute atomic E-state index is 0.0489. The Hall–Kier alpha value is -2.61. The van der Waals surface area contributed by atoms with Gasteiger partial charge in [0, 0.05) is 18.0 Å². The molecule has 2 fully saturated rings. The molecule has 160 valence electrons. The van der Waals surface area contributed by atoms with Crippen molar-refractivity contribution in [3.8, 4) is 11.5 Å². The molecule has 2 aromatic rings. The number of hydrazine groups is 1. The number of amides is 1. The topological polar surface area (TPSA) is 94.1 Å². The maximum Gasteiger partial charge on any atom is 0.242 e. The fraction of sp³-hybridized carbons (Fsp3) is 0.435.